The van der Waals surface area contributed by atoms with Crippen molar-refractivity contribution >= 4 is 23.0 Å². The van der Waals surface area contributed by atoms with Crippen LogP contribution in [0.15, 0.2) is 24.3 Å². The lowest BCUT2D eigenvalue weighted by molar-refractivity contribution is -0.274. The molecule has 0 aliphatic carbocycles. The first kappa shape index (κ1) is 18.4. The van der Waals surface area contributed by atoms with Gasteiger partial charge in [0.25, 0.3) is 5.91 Å². The standard InChI is InChI=1S/C17H15F3N2O3S/c1-10-14(16(24)22-8-6-12(23)7-9-22)26-15(21-10)11-2-4-13(5-3-11)25-17(18,19)20/h2-5H,6-9H2,1H3. The zero-order valence-corrected chi connectivity index (χ0v) is 14.6. The number of ketones is 1. The Balaban J connectivity index is 1.77. The number of alkyl halides is 3. The molecule has 0 atom stereocenters. The first-order valence-corrected chi connectivity index (χ1v) is 8.69. The Bertz CT molecular complexity index is 821. The first-order chi connectivity index (χ1) is 12.2. The van der Waals surface area contributed by atoms with Gasteiger partial charge in [-0.1, -0.05) is 0 Å². The fraction of sp³-hybridized carbons (Fsp3) is 0.353. The third-order valence-corrected chi connectivity index (χ3v) is 5.13. The van der Waals surface area contributed by atoms with Crippen molar-refractivity contribution in [2.24, 2.45) is 0 Å². The largest absolute Gasteiger partial charge is 0.573 e. The van der Waals surface area contributed by atoms with Crippen LogP contribution in [0.4, 0.5) is 13.2 Å². The SMILES string of the molecule is Cc1nc(-c2ccc(OC(F)(F)F)cc2)sc1C(=O)N1CCC(=O)CC1. The van der Waals surface area contributed by atoms with Gasteiger partial charge in [0, 0.05) is 31.5 Å². The molecule has 138 valence electrons. The van der Waals surface area contributed by atoms with E-state index < -0.39 is 6.36 Å². The average Bonchev–Trinajstić information content (AvgIpc) is 2.96. The molecule has 0 radical (unpaired) electrons. The normalized spacial score (nSPS) is 15.2. The summed E-state index contributed by atoms with van der Waals surface area (Å²) in [5.41, 5.74) is 1.16. The Morgan fingerprint density at radius 1 is 1.19 bits per heavy atom. The fourth-order valence-corrected chi connectivity index (χ4v) is 3.66. The Labute approximate surface area is 151 Å². The molecular formula is C17H15F3N2O3S. The lowest BCUT2D eigenvalue weighted by Crippen LogP contribution is -2.38. The Kier molecular flexibility index (Phi) is 4.99. The molecule has 1 aliphatic heterocycles. The zero-order valence-electron chi connectivity index (χ0n) is 13.8. The maximum Gasteiger partial charge on any atom is 0.573 e. The number of hydrogen-bond donors (Lipinski definition) is 0. The van der Waals surface area contributed by atoms with Crippen molar-refractivity contribution in [2.45, 2.75) is 26.1 Å². The number of nitrogens with zero attached hydrogens (tertiary/aromatic N) is 2. The highest BCUT2D eigenvalue weighted by molar-refractivity contribution is 7.17. The number of thiazole rings is 1. The van der Waals surface area contributed by atoms with Gasteiger partial charge in [-0.05, 0) is 31.2 Å². The molecule has 2 aromatic rings. The summed E-state index contributed by atoms with van der Waals surface area (Å²) in [4.78, 5) is 30.4. The van der Waals surface area contributed by atoms with Crippen LogP contribution in [0, 0.1) is 6.92 Å². The van der Waals surface area contributed by atoms with Crippen molar-refractivity contribution in [3.8, 4) is 16.3 Å². The molecule has 3 rings (SSSR count). The van der Waals surface area contributed by atoms with Gasteiger partial charge in [-0.2, -0.15) is 0 Å². The molecule has 0 saturated carbocycles. The summed E-state index contributed by atoms with van der Waals surface area (Å²) in [5.74, 6) is -0.337. The van der Waals surface area contributed by atoms with E-state index in [0.29, 0.717) is 47.1 Å². The molecular weight excluding hydrogens is 369 g/mol. The number of rotatable bonds is 3. The van der Waals surface area contributed by atoms with E-state index in [0.717, 1.165) is 0 Å². The number of piperidine rings is 1. The monoisotopic (exact) mass is 384 g/mol. The molecule has 0 N–H and O–H groups in total. The van der Waals surface area contributed by atoms with Crippen molar-refractivity contribution in [1.29, 1.82) is 0 Å². The third-order valence-electron chi connectivity index (χ3n) is 3.93. The summed E-state index contributed by atoms with van der Waals surface area (Å²) < 4.78 is 40.5. The number of likely N-dealkylation sites (tertiary alicyclic amines) is 1. The van der Waals surface area contributed by atoms with Crippen molar-refractivity contribution in [3.05, 3.63) is 34.8 Å². The summed E-state index contributed by atoms with van der Waals surface area (Å²) in [6, 6.07) is 5.34. The number of ether oxygens (including phenoxy) is 1. The molecule has 1 aromatic carbocycles. The second-order valence-corrected chi connectivity index (χ2v) is 6.84. The van der Waals surface area contributed by atoms with Crippen LogP contribution >= 0.6 is 11.3 Å². The van der Waals surface area contributed by atoms with E-state index in [2.05, 4.69) is 9.72 Å². The molecule has 1 aromatic heterocycles. The highest BCUT2D eigenvalue weighted by Gasteiger charge is 2.31. The van der Waals surface area contributed by atoms with Crippen molar-refractivity contribution in [2.75, 3.05) is 13.1 Å². The van der Waals surface area contributed by atoms with Gasteiger partial charge in [0.2, 0.25) is 0 Å². The van der Waals surface area contributed by atoms with Gasteiger partial charge in [0.05, 0.1) is 5.69 Å². The summed E-state index contributed by atoms with van der Waals surface area (Å²) in [6.45, 7) is 2.51. The van der Waals surface area contributed by atoms with Crippen LogP contribution in [0.5, 0.6) is 5.75 Å². The molecule has 1 amide bonds. The van der Waals surface area contributed by atoms with Crippen molar-refractivity contribution in [3.63, 3.8) is 0 Å². The summed E-state index contributed by atoms with van der Waals surface area (Å²) >= 11 is 1.18. The van der Waals surface area contributed by atoms with E-state index >= 15 is 0 Å². The molecule has 1 fully saturated rings. The maximum absolute atomic E-state index is 12.6. The number of carbonyl (C=O) groups is 2. The Hall–Kier alpha value is -2.42. The predicted molar refractivity (Wildman–Crippen MR) is 89.1 cm³/mol. The van der Waals surface area contributed by atoms with Gasteiger partial charge in [0.15, 0.2) is 0 Å². The highest BCUT2D eigenvalue weighted by Crippen LogP contribution is 2.31. The lowest BCUT2D eigenvalue weighted by Gasteiger charge is -2.25. The molecule has 0 unspecified atom stereocenters. The molecule has 0 bridgehead atoms. The minimum Gasteiger partial charge on any atom is -0.406 e. The van der Waals surface area contributed by atoms with Crippen LogP contribution in [0.2, 0.25) is 0 Å². The van der Waals surface area contributed by atoms with Gasteiger partial charge < -0.3 is 9.64 Å². The minimum atomic E-state index is -4.74. The van der Waals surface area contributed by atoms with Crippen molar-refractivity contribution < 1.29 is 27.5 Å². The smallest absolute Gasteiger partial charge is 0.406 e. The number of hydrogen-bond acceptors (Lipinski definition) is 5. The van der Waals surface area contributed by atoms with Crippen LogP contribution in [0.3, 0.4) is 0 Å². The molecule has 1 aliphatic rings. The quantitative estimate of drug-likeness (QED) is 0.807. The maximum atomic E-state index is 12.6. The van der Waals surface area contributed by atoms with E-state index in [4.69, 9.17) is 0 Å². The zero-order chi connectivity index (χ0) is 18.9. The van der Waals surface area contributed by atoms with E-state index in [9.17, 15) is 22.8 Å². The number of benzene rings is 1. The summed E-state index contributed by atoms with van der Waals surface area (Å²) in [6.07, 6.45) is -4.02. The molecule has 1 saturated heterocycles. The molecule has 5 nitrogen and oxygen atoms in total. The van der Waals surface area contributed by atoms with Crippen LogP contribution in [-0.2, 0) is 4.79 Å². The number of Topliss-reactive ketones (excluding diaryl/α,β-unsaturated/α-hetero) is 1. The number of aryl methyl sites for hydroxylation is 1. The molecule has 2 heterocycles. The third kappa shape index (κ3) is 4.21. The second kappa shape index (κ2) is 7.06. The first-order valence-electron chi connectivity index (χ1n) is 7.87. The van der Waals surface area contributed by atoms with Gasteiger partial charge in [-0.3, -0.25) is 9.59 Å². The summed E-state index contributed by atoms with van der Waals surface area (Å²) in [7, 11) is 0. The van der Waals surface area contributed by atoms with Gasteiger partial charge in [0.1, 0.15) is 21.4 Å². The van der Waals surface area contributed by atoms with Gasteiger partial charge in [-0.15, -0.1) is 24.5 Å². The molecule has 26 heavy (non-hydrogen) atoms. The Morgan fingerprint density at radius 2 is 1.81 bits per heavy atom. The van der Waals surface area contributed by atoms with E-state index in [-0.39, 0.29) is 17.4 Å². The number of amides is 1. The van der Waals surface area contributed by atoms with Gasteiger partial charge in [-0.25, -0.2) is 4.98 Å². The minimum absolute atomic E-state index is 0.150. The van der Waals surface area contributed by atoms with Crippen molar-refractivity contribution in [1.82, 2.24) is 9.88 Å². The van der Waals surface area contributed by atoms with E-state index in [1.54, 1.807) is 11.8 Å². The van der Waals surface area contributed by atoms with Gasteiger partial charge >= 0.3 is 6.36 Å². The lowest BCUT2D eigenvalue weighted by atomic mass is 10.1. The van der Waals surface area contributed by atoms with E-state index in [1.807, 2.05) is 0 Å². The predicted octanol–water partition coefficient (Wildman–Crippen LogP) is 3.82. The topological polar surface area (TPSA) is 59.5 Å². The molecule has 9 heteroatoms. The second-order valence-electron chi connectivity index (χ2n) is 5.84. The Morgan fingerprint density at radius 3 is 2.38 bits per heavy atom. The number of aromatic nitrogens is 1. The average molecular weight is 384 g/mol. The van der Waals surface area contributed by atoms with E-state index in [1.165, 1.54) is 35.6 Å². The van der Waals surface area contributed by atoms with Crippen LogP contribution in [-0.4, -0.2) is 41.0 Å². The van der Waals surface area contributed by atoms with Crippen LogP contribution < -0.4 is 4.74 Å². The highest BCUT2D eigenvalue weighted by atomic mass is 32.1. The summed E-state index contributed by atoms with van der Waals surface area (Å²) in [5, 5.41) is 0.539. The van der Waals surface area contributed by atoms with Crippen LogP contribution in [0.1, 0.15) is 28.2 Å². The fourth-order valence-electron chi connectivity index (χ4n) is 2.62. The molecule has 0 spiro atoms. The van der Waals surface area contributed by atoms with Crippen LogP contribution in [0.25, 0.3) is 10.6 Å². The number of carbonyl (C=O) groups excluding carboxylic acids is 2. The number of halogens is 3.